The summed E-state index contributed by atoms with van der Waals surface area (Å²) in [5, 5.41) is 6.30. The molecule has 3 amide bonds. The van der Waals surface area contributed by atoms with Gasteiger partial charge in [-0.15, -0.1) is 0 Å². The first-order valence-electron chi connectivity index (χ1n) is 13.2. The molecule has 0 aliphatic carbocycles. The summed E-state index contributed by atoms with van der Waals surface area (Å²) in [6.07, 6.45) is 3.91. The van der Waals surface area contributed by atoms with E-state index in [0.717, 1.165) is 29.9 Å². The normalized spacial score (nSPS) is 12.2. The highest BCUT2D eigenvalue weighted by Gasteiger charge is 2.33. The van der Waals surface area contributed by atoms with Crippen molar-refractivity contribution in [3.63, 3.8) is 0 Å². The number of furan rings is 1. The molecular weight excluding hydrogens is 498 g/mol. The summed E-state index contributed by atoms with van der Waals surface area (Å²) >= 11 is 0. The number of benzene rings is 2. The number of unbranched alkanes of at least 4 members (excludes halogenated alkanes) is 2. The molecule has 3 aromatic rings. The lowest BCUT2D eigenvalue weighted by molar-refractivity contribution is -0.171. The van der Waals surface area contributed by atoms with Crippen LogP contribution in [-0.2, 0) is 14.4 Å². The highest BCUT2D eigenvalue weighted by molar-refractivity contribution is 5.92. The third kappa shape index (κ3) is 8.29. The van der Waals surface area contributed by atoms with Gasteiger partial charge in [-0.05, 0) is 37.1 Å². The molecule has 0 aliphatic heterocycles. The summed E-state index contributed by atoms with van der Waals surface area (Å²) in [6, 6.07) is 20.3. The summed E-state index contributed by atoms with van der Waals surface area (Å²) in [6.45, 7) is 3.74. The minimum Gasteiger partial charge on any atom is -0.451 e. The van der Waals surface area contributed by atoms with Crippen molar-refractivity contribution in [3.8, 4) is 11.3 Å². The highest BCUT2D eigenvalue weighted by Crippen LogP contribution is 2.23. The van der Waals surface area contributed by atoms with E-state index in [1.54, 1.807) is 42.5 Å². The fourth-order valence-electron chi connectivity index (χ4n) is 4.29. The smallest absolute Gasteiger partial charge is 0.363 e. The van der Waals surface area contributed by atoms with Crippen molar-refractivity contribution in [2.24, 2.45) is 5.92 Å². The molecular formula is C30H35N3O6. The summed E-state index contributed by atoms with van der Waals surface area (Å²) < 4.78 is 5.66. The topological polar surface area (TPSA) is 118 Å². The molecule has 9 nitrogen and oxygen atoms in total. The quantitative estimate of drug-likeness (QED) is 0.123. The molecule has 39 heavy (non-hydrogen) atoms. The zero-order valence-corrected chi connectivity index (χ0v) is 22.3. The molecule has 206 valence electrons. The van der Waals surface area contributed by atoms with Gasteiger partial charge in [0.2, 0.25) is 12.3 Å². The van der Waals surface area contributed by atoms with Gasteiger partial charge < -0.3 is 19.9 Å². The summed E-state index contributed by atoms with van der Waals surface area (Å²) in [4.78, 5) is 55.7. The molecule has 0 saturated heterocycles. The lowest BCUT2D eigenvalue weighted by Crippen LogP contribution is -2.49. The van der Waals surface area contributed by atoms with E-state index in [0.29, 0.717) is 30.6 Å². The summed E-state index contributed by atoms with van der Waals surface area (Å²) in [5.74, 6) is -1.49. The van der Waals surface area contributed by atoms with Gasteiger partial charge in [0.15, 0.2) is 5.76 Å². The fraction of sp³-hybridized carbons (Fsp3) is 0.333. The molecule has 0 fully saturated rings. The largest absolute Gasteiger partial charge is 0.451 e. The maximum atomic E-state index is 13.3. The second kappa shape index (κ2) is 15.1. The van der Waals surface area contributed by atoms with Gasteiger partial charge in [-0.2, -0.15) is 5.06 Å². The standard InChI is InChI=1S/C30H35N3O6/c1-3-5-8-17-24(25(4-2)33(21-34)39-30(37)23-15-11-7-12-16-23)28(35)31-20-32-29(36)27-19-18-26(38-27)22-13-9-6-10-14-22/h6-7,9-16,18-19,21,24-25H,3-5,8,17,20H2,1-2H3,(H,31,35)(H,32,36)/t24-,25-/m1/s1. The summed E-state index contributed by atoms with van der Waals surface area (Å²) in [7, 11) is 0. The zero-order chi connectivity index (χ0) is 28.0. The van der Waals surface area contributed by atoms with Crippen LogP contribution in [0.4, 0.5) is 0 Å². The van der Waals surface area contributed by atoms with Gasteiger partial charge in [0.25, 0.3) is 5.91 Å². The lowest BCUT2D eigenvalue weighted by atomic mass is 9.90. The van der Waals surface area contributed by atoms with Crippen molar-refractivity contribution in [1.82, 2.24) is 15.7 Å². The van der Waals surface area contributed by atoms with Gasteiger partial charge in [-0.3, -0.25) is 14.4 Å². The molecule has 2 atom stereocenters. The van der Waals surface area contributed by atoms with Crippen molar-refractivity contribution in [2.45, 2.75) is 52.0 Å². The Labute approximate surface area is 228 Å². The number of nitrogens with zero attached hydrogens (tertiary/aromatic N) is 1. The van der Waals surface area contributed by atoms with Gasteiger partial charge in [0.05, 0.1) is 24.2 Å². The molecule has 0 radical (unpaired) electrons. The van der Waals surface area contributed by atoms with E-state index in [-0.39, 0.29) is 18.3 Å². The maximum absolute atomic E-state index is 13.3. The van der Waals surface area contributed by atoms with Crippen molar-refractivity contribution < 1.29 is 28.4 Å². The van der Waals surface area contributed by atoms with E-state index in [1.807, 2.05) is 37.3 Å². The minimum atomic E-state index is -0.686. The lowest BCUT2D eigenvalue weighted by Gasteiger charge is -2.31. The van der Waals surface area contributed by atoms with E-state index < -0.39 is 23.8 Å². The molecule has 2 aromatic carbocycles. The molecule has 2 N–H and O–H groups in total. The van der Waals surface area contributed by atoms with Crippen molar-refractivity contribution in [1.29, 1.82) is 0 Å². The Morgan fingerprint density at radius 1 is 0.923 bits per heavy atom. The van der Waals surface area contributed by atoms with Crippen molar-refractivity contribution >= 4 is 24.2 Å². The maximum Gasteiger partial charge on any atom is 0.363 e. The Balaban J connectivity index is 1.63. The number of hydrogen-bond acceptors (Lipinski definition) is 6. The predicted octanol–water partition coefficient (Wildman–Crippen LogP) is 4.96. The molecule has 0 aliphatic rings. The average molecular weight is 534 g/mol. The summed E-state index contributed by atoms with van der Waals surface area (Å²) in [5.41, 5.74) is 1.14. The number of carbonyl (C=O) groups is 4. The minimum absolute atomic E-state index is 0.119. The van der Waals surface area contributed by atoms with E-state index in [2.05, 4.69) is 17.6 Å². The van der Waals surface area contributed by atoms with Crippen LogP contribution >= 0.6 is 0 Å². The second-order valence-corrected chi connectivity index (χ2v) is 9.04. The van der Waals surface area contributed by atoms with Crippen LogP contribution in [-0.4, -0.2) is 42.0 Å². The molecule has 3 rings (SSSR count). The number of carbonyl (C=O) groups excluding carboxylic acids is 4. The van der Waals surface area contributed by atoms with Crippen LogP contribution in [0, 0.1) is 5.92 Å². The van der Waals surface area contributed by atoms with Gasteiger partial charge in [-0.1, -0.05) is 81.6 Å². The molecule has 0 saturated carbocycles. The molecule has 0 bridgehead atoms. The van der Waals surface area contributed by atoms with Gasteiger partial charge in [0.1, 0.15) is 5.76 Å². The third-order valence-corrected chi connectivity index (χ3v) is 6.37. The Morgan fingerprint density at radius 3 is 2.26 bits per heavy atom. The molecule has 1 heterocycles. The first kappa shape index (κ1) is 29.2. The third-order valence-electron chi connectivity index (χ3n) is 6.37. The highest BCUT2D eigenvalue weighted by atomic mass is 16.7. The van der Waals surface area contributed by atoms with E-state index >= 15 is 0 Å². The zero-order valence-electron chi connectivity index (χ0n) is 22.3. The predicted molar refractivity (Wildman–Crippen MR) is 146 cm³/mol. The van der Waals surface area contributed by atoms with Crippen LogP contribution in [0.15, 0.2) is 77.2 Å². The van der Waals surface area contributed by atoms with Crippen molar-refractivity contribution in [2.75, 3.05) is 6.67 Å². The average Bonchev–Trinajstić information content (AvgIpc) is 3.47. The number of nitrogens with one attached hydrogen (secondary N) is 2. The second-order valence-electron chi connectivity index (χ2n) is 9.04. The number of hydrogen-bond donors (Lipinski definition) is 2. The van der Waals surface area contributed by atoms with Crippen LogP contribution in [0.2, 0.25) is 0 Å². The van der Waals surface area contributed by atoms with Crippen LogP contribution in [0.3, 0.4) is 0 Å². The Kier molecular flexibility index (Phi) is 11.3. The molecule has 0 unspecified atom stereocenters. The molecule has 0 spiro atoms. The Bertz CT molecular complexity index is 1210. The van der Waals surface area contributed by atoms with E-state index in [9.17, 15) is 19.2 Å². The SMILES string of the molecule is CCCCC[C@@H](C(=O)NCNC(=O)c1ccc(-c2ccccc2)o1)[C@@H](CC)N(C=O)OC(=O)c1ccccc1. The van der Waals surface area contributed by atoms with Gasteiger partial charge >= 0.3 is 5.97 Å². The monoisotopic (exact) mass is 533 g/mol. The number of rotatable bonds is 15. The fourth-order valence-corrected chi connectivity index (χ4v) is 4.29. The number of hydroxylamine groups is 2. The number of amides is 3. The van der Waals surface area contributed by atoms with Crippen LogP contribution in [0.5, 0.6) is 0 Å². The van der Waals surface area contributed by atoms with Crippen LogP contribution < -0.4 is 10.6 Å². The van der Waals surface area contributed by atoms with Crippen molar-refractivity contribution in [3.05, 3.63) is 84.1 Å². The first-order valence-corrected chi connectivity index (χ1v) is 13.2. The molecule has 1 aromatic heterocycles. The van der Waals surface area contributed by atoms with Crippen LogP contribution in [0.1, 0.15) is 66.9 Å². The van der Waals surface area contributed by atoms with E-state index in [1.165, 1.54) is 0 Å². The van der Waals surface area contributed by atoms with Crippen LogP contribution in [0.25, 0.3) is 11.3 Å². The Morgan fingerprint density at radius 2 is 1.62 bits per heavy atom. The van der Waals surface area contributed by atoms with Gasteiger partial charge in [-0.25, -0.2) is 4.79 Å². The van der Waals surface area contributed by atoms with E-state index in [4.69, 9.17) is 9.25 Å². The Hall–Kier alpha value is -4.40. The van der Waals surface area contributed by atoms with Gasteiger partial charge in [0, 0.05) is 5.56 Å². The first-order chi connectivity index (χ1) is 19.0. The molecule has 9 heteroatoms.